The Morgan fingerprint density at radius 3 is 2.44 bits per heavy atom. The first-order valence-corrected chi connectivity index (χ1v) is 8.80. The molecule has 25 heavy (non-hydrogen) atoms. The van der Waals surface area contributed by atoms with Gasteiger partial charge in [-0.1, -0.05) is 24.3 Å². The van der Waals surface area contributed by atoms with Crippen molar-refractivity contribution in [2.75, 3.05) is 5.75 Å². The molecule has 3 rings (SSSR count). The number of fused-ring (bicyclic) bond motifs is 1. The molecule has 1 N–H and O–H groups in total. The summed E-state index contributed by atoms with van der Waals surface area (Å²) in [6, 6.07) is 12.2. The van der Waals surface area contributed by atoms with Crippen LogP contribution in [0.5, 0.6) is 0 Å². The highest BCUT2D eigenvalue weighted by Gasteiger charge is 2.23. The fraction of sp³-hybridized carbons (Fsp3) is 0.150. The Bertz CT molecular complexity index is 894. The van der Waals surface area contributed by atoms with Crippen LogP contribution in [0.25, 0.3) is 11.6 Å². The summed E-state index contributed by atoms with van der Waals surface area (Å²) in [6.45, 7) is 1.92. The van der Waals surface area contributed by atoms with Crippen LogP contribution in [-0.4, -0.2) is 28.4 Å². The average molecular weight is 352 g/mol. The van der Waals surface area contributed by atoms with E-state index >= 15 is 0 Å². The predicted octanol–water partition coefficient (Wildman–Crippen LogP) is 4.19. The molecule has 0 atom stereocenters. The maximum atomic E-state index is 12.2. The zero-order valence-corrected chi connectivity index (χ0v) is 14.4. The van der Waals surface area contributed by atoms with Gasteiger partial charge in [0.05, 0.1) is 5.56 Å². The minimum atomic E-state index is -0.960. The van der Waals surface area contributed by atoms with Gasteiger partial charge in [0, 0.05) is 22.6 Å². The molecule has 0 amide bonds. The van der Waals surface area contributed by atoms with Gasteiger partial charge >= 0.3 is 5.97 Å². The van der Waals surface area contributed by atoms with E-state index in [1.807, 2.05) is 25.1 Å². The number of ketones is 2. The highest BCUT2D eigenvalue weighted by Crippen LogP contribution is 2.30. The topological polar surface area (TPSA) is 71.4 Å². The van der Waals surface area contributed by atoms with Gasteiger partial charge in [-0.2, -0.15) is 0 Å². The van der Waals surface area contributed by atoms with Crippen molar-refractivity contribution in [3.05, 3.63) is 64.7 Å². The van der Waals surface area contributed by atoms with Gasteiger partial charge in [-0.05, 0) is 47.9 Å². The Kier molecular flexibility index (Phi) is 4.86. The molecule has 0 saturated heterocycles. The third-order valence-electron chi connectivity index (χ3n) is 4.06. The van der Waals surface area contributed by atoms with Crippen LogP contribution < -0.4 is 0 Å². The molecule has 1 aliphatic rings. The Labute approximate surface area is 149 Å². The third-order valence-corrected chi connectivity index (χ3v) is 5.14. The summed E-state index contributed by atoms with van der Waals surface area (Å²) < 4.78 is 0. The van der Waals surface area contributed by atoms with Gasteiger partial charge in [-0.25, -0.2) is 4.79 Å². The van der Waals surface area contributed by atoms with Crippen molar-refractivity contribution in [2.45, 2.75) is 18.2 Å². The van der Waals surface area contributed by atoms with E-state index in [2.05, 4.69) is 0 Å². The van der Waals surface area contributed by atoms with Crippen molar-refractivity contribution in [3.8, 4) is 0 Å². The number of carboxylic acid groups (broad SMARTS) is 1. The Balaban J connectivity index is 1.93. The molecule has 126 valence electrons. The largest absolute Gasteiger partial charge is 0.478 e. The second-order valence-corrected chi connectivity index (χ2v) is 6.95. The molecule has 0 saturated carbocycles. The summed E-state index contributed by atoms with van der Waals surface area (Å²) >= 11 is 1.53. The number of carboxylic acids is 1. The van der Waals surface area contributed by atoms with Gasteiger partial charge in [0.15, 0.2) is 0 Å². The highest BCUT2D eigenvalue weighted by molar-refractivity contribution is 7.99. The molecular formula is C20H16O4S. The van der Waals surface area contributed by atoms with E-state index in [4.69, 9.17) is 5.11 Å². The molecule has 0 radical (unpaired) electrons. The number of rotatable bonds is 3. The van der Waals surface area contributed by atoms with E-state index < -0.39 is 11.8 Å². The van der Waals surface area contributed by atoms with Crippen molar-refractivity contribution in [2.24, 2.45) is 0 Å². The zero-order chi connectivity index (χ0) is 18.0. The van der Waals surface area contributed by atoms with Crippen LogP contribution in [0.1, 0.15) is 45.2 Å². The van der Waals surface area contributed by atoms with Gasteiger partial charge in [0.1, 0.15) is 0 Å². The van der Waals surface area contributed by atoms with Gasteiger partial charge in [0.2, 0.25) is 11.6 Å². The van der Waals surface area contributed by atoms with E-state index in [0.717, 1.165) is 21.6 Å². The van der Waals surface area contributed by atoms with Crippen LogP contribution in [0.2, 0.25) is 0 Å². The quantitative estimate of drug-likeness (QED) is 0.662. The number of hydrogen-bond acceptors (Lipinski definition) is 4. The van der Waals surface area contributed by atoms with Crippen LogP contribution in [0, 0.1) is 0 Å². The zero-order valence-electron chi connectivity index (χ0n) is 13.6. The number of aromatic carboxylic acids is 1. The summed E-state index contributed by atoms with van der Waals surface area (Å²) in [5.74, 6) is -1.09. The van der Waals surface area contributed by atoms with Crippen molar-refractivity contribution >= 4 is 40.9 Å². The summed E-state index contributed by atoms with van der Waals surface area (Å²) in [5.41, 5.74) is 3.37. The number of thioether (sulfide) groups is 1. The fourth-order valence-electron chi connectivity index (χ4n) is 2.65. The molecule has 5 heteroatoms. The highest BCUT2D eigenvalue weighted by atomic mass is 32.2. The van der Waals surface area contributed by atoms with Gasteiger partial charge in [-0.3, -0.25) is 9.59 Å². The Morgan fingerprint density at radius 2 is 1.76 bits per heavy atom. The molecule has 0 fully saturated rings. The molecule has 4 nitrogen and oxygen atoms in total. The first kappa shape index (κ1) is 17.2. The van der Waals surface area contributed by atoms with E-state index in [1.165, 1.54) is 11.8 Å². The van der Waals surface area contributed by atoms with E-state index in [-0.39, 0.29) is 17.8 Å². The third kappa shape index (κ3) is 3.72. The maximum Gasteiger partial charge on any atom is 0.335 e. The SMILES string of the molecule is CC(=Cc1ccc(C(=O)O)cc1)c1ccc2c(c1)C(=O)C(=O)CCS2. The summed E-state index contributed by atoms with van der Waals surface area (Å²) in [6.07, 6.45) is 2.20. The molecule has 0 bridgehead atoms. The minimum absolute atomic E-state index is 0.237. The smallest absolute Gasteiger partial charge is 0.335 e. The summed E-state index contributed by atoms with van der Waals surface area (Å²) in [4.78, 5) is 35.8. The van der Waals surface area contributed by atoms with Crippen molar-refractivity contribution in [1.29, 1.82) is 0 Å². The second-order valence-electron chi connectivity index (χ2n) is 5.82. The van der Waals surface area contributed by atoms with Crippen molar-refractivity contribution in [1.82, 2.24) is 0 Å². The van der Waals surface area contributed by atoms with Gasteiger partial charge in [-0.15, -0.1) is 11.8 Å². The van der Waals surface area contributed by atoms with E-state index in [0.29, 0.717) is 11.3 Å². The Morgan fingerprint density at radius 1 is 1.08 bits per heavy atom. The number of benzene rings is 2. The minimum Gasteiger partial charge on any atom is -0.478 e. The Hall–Kier alpha value is -2.66. The van der Waals surface area contributed by atoms with Crippen molar-refractivity contribution in [3.63, 3.8) is 0 Å². The van der Waals surface area contributed by atoms with Crippen LogP contribution in [-0.2, 0) is 4.79 Å². The number of carbonyl (C=O) groups is 3. The molecule has 0 aromatic heterocycles. The predicted molar refractivity (Wildman–Crippen MR) is 98.1 cm³/mol. The van der Waals surface area contributed by atoms with E-state index in [9.17, 15) is 14.4 Å². The normalized spacial score (nSPS) is 14.8. The monoisotopic (exact) mass is 352 g/mol. The summed E-state index contributed by atoms with van der Waals surface area (Å²) in [5, 5.41) is 8.94. The average Bonchev–Trinajstić information content (AvgIpc) is 2.74. The van der Waals surface area contributed by atoms with Gasteiger partial charge in [0.25, 0.3) is 0 Å². The number of allylic oxidation sites excluding steroid dienone is 1. The molecule has 0 unspecified atom stereocenters. The standard InChI is InChI=1S/C20H16O4S/c1-12(10-13-2-4-14(5-3-13)20(23)24)15-6-7-18-16(11-15)19(22)17(21)8-9-25-18/h2-7,10-11H,8-9H2,1H3,(H,23,24). The van der Waals surface area contributed by atoms with Crippen LogP contribution in [0.4, 0.5) is 0 Å². The first-order chi connectivity index (χ1) is 12.0. The number of Topliss-reactive ketones (excluding diaryl/α,β-unsaturated/α-hetero) is 2. The molecular weight excluding hydrogens is 336 g/mol. The lowest BCUT2D eigenvalue weighted by atomic mass is 9.98. The molecule has 2 aromatic carbocycles. The fourth-order valence-corrected chi connectivity index (χ4v) is 3.63. The van der Waals surface area contributed by atoms with Crippen LogP contribution in [0.3, 0.4) is 0 Å². The molecule has 0 aliphatic carbocycles. The molecule has 2 aromatic rings. The molecule has 0 spiro atoms. The maximum absolute atomic E-state index is 12.2. The number of hydrogen-bond donors (Lipinski definition) is 1. The summed E-state index contributed by atoms with van der Waals surface area (Å²) in [7, 11) is 0. The molecule has 1 aliphatic heterocycles. The number of carbonyl (C=O) groups excluding carboxylic acids is 2. The lowest BCUT2D eigenvalue weighted by molar-refractivity contribution is -0.114. The lowest BCUT2D eigenvalue weighted by Crippen LogP contribution is -2.13. The van der Waals surface area contributed by atoms with Crippen molar-refractivity contribution < 1.29 is 19.5 Å². The lowest BCUT2D eigenvalue weighted by Gasteiger charge is -2.08. The second kappa shape index (κ2) is 7.07. The first-order valence-electron chi connectivity index (χ1n) is 7.82. The van der Waals surface area contributed by atoms with E-state index in [1.54, 1.807) is 30.3 Å². The van der Waals surface area contributed by atoms with Crippen LogP contribution >= 0.6 is 11.8 Å². The van der Waals surface area contributed by atoms with Crippen LogP contribution in [0.15, 0.2) is 47.4 Å². The van der Waals surface area contributed by atoms with Gasteiger partial charge < -0.3 is 5.11 Å². The molecule has 1 heterocycles.